The predicted octanol–water partition coefficient (Wildman–Crippen LogP) is 0.225. The summed E-state index contributed by atoms with van der Waals surface area (Å²) in [5, 5.41) is 0. The molecule has 0 radical (unpaired) electrons. The van der Waals surface area contributed by atoms with Gasteiger partial charge in [0.2, 0.25) is 0 Å². The number of nitrogens with zero attached hydrogens (tertiary/aromatic N) is 1. The molecule has 0 unspecified atom stereocenters. The molecule has 14 heavy (non-hydrogen) atoms. The second-order valence-corrected chi connectivity index (χ2v) is 4.09. The highest BCUT2D eigenvalue weighted by molar-refractivity contribution is 7.98. The molecule has 0 atom stereocenters. The Bertz CT molecular complexity index is 171. The van der Waals surface area contributed by atoms with Gasteiger partial charge in [0.15, 0.2) is 0 Å². The average Bonchev–Trinajstić information content (AvgIpc) is 2.20. The Kier molecular flexibility index (Phi) is 5.98. The van der Waals surface area contributed by atoms with Crippen molar-refractivity contribution >= 4 is 17.7 Å². The molecule has 0 N–H and O–H groups in total. The number of thioether (sulfide) groups is 1. The summed E-state index contributed by atoms with van der Waals surface area (Å²) in [6.07, 6.45) is 2.00. The first kappa shape index (κ1) is 11.8. The maximum Gasteiger partial charge on any atom is 0.320 e. The van der Waals surface area contributed by atoms with Crippen LogP contribution < -0.4 is 0 Å². The van der Waals surface area contributed by atoms with Gasteiger partial charge in [0.1, 0.15) is 6.61 Å². The smallest absolute Gasteiger partial charge is 0.320 e. The molecular weight excluding hydrogens is 202 g/mol. The molecule has 1 aliphatic rings. The van der Waals surface area contributed by atoms with Crippen molar-refractivity contribution in [2.75, 3.05) is 51.5 Å². The molecule has 4 nitrogen and oxygen atoms in total. The van der Waals surface area contributed by atoms with Crippen LogP contribution in [0.3, 0.4) is 0 Å². The molecule has 0 aromatic heterocycles. The van der Waals surface area contributed by atoms with Crippen LogP contribution >= 0.6 is 11.8 Å². The summed E-state index contributed by atoms with van der Waals surface area (Å²) in [7, 11) is 0. The molecule has 1 rings (SSSR count). The monoisotopic (exact) mass is 219 g/mol. The van der Waals surface area contributed by atoms with E-state index in [9.17, 15) is 4.79 Å². The minimum atomic E-state index is -0.124. The topological polar surface area (TPSA) is 38.8 Å². The van der Waals surface area contributed by atoms with Gasteiger partial charge in [-0.2, -0.15) is 11.8 Å². The summed E-state index contributed by atoms with van der Waals surface area (Å²) in [6, 6.07) is 0. The zero-order valence-electron chi connectivity index (χ0n) is 8.53. The van der Waals surface area contributed by atoms with Crippen molar-refractivity contribution in [3.8, 4) is 0 Å². The summed E-state index contributed by atoms with van der Waals surface area (Å²) in [5.74, 6) is 0.746. The molecule has 0 aromatic carbocycles. The summed E-state index contributed by atoms with van der Waals surface area (Å²) in [5.41, 5.74) is 0. The maximum absolute atomic E-state index is 11.3. The lowest BCUT2D eigenvalue weighted by molar-refractivity contribution is -0.145. The van der Waals surface area contributed by atoms with Crippen molar-refractivity contribution in [2.24, 2.45) is 0 Å². The minimum Gasteiger partial charge on any atom is -0.464 e. The van der Waals surface area contributed by atoms with E-state index in [1.54, 1.807) is 11.8 Å². The summed E-state index contributed by atoms with van der Waals surface area (Å²) in [6.45, 7) is 4.02. The molecule has 0 aromatic rings. The molecule has 0 amide bonds. The van der Waals surface area contributed by atoms with Gasteiger partial charge < -0.3 is 9.47 Å². The number of morpholine rings is 1. The van der Waals surface area contributed by atoms with Gasteiger partial charge in [0, 0.05) is 18.8 Å². The third-order valence-corrected chi connectivity index (χ3v) is 2.58. The largest absolute Gasteiger partial charge is 0.464 e. The van der Waals surface area contributed by atoms with E-state index in [0.717, 1.165) is 32.1 Å². The Labute approximate surface area is 88.9 Å². The van der Waals surface area contributed by atoms with E-state index in [4.69, 9.17) is 9.47 Å². The summed E-state index contributed by atoms with van der Waals surface area (Å²) in [4.78, 5) is 13.3. The van der Waals surface area contributed by atoms with E-state index in [0.29, 0.717) is 13.2 Å². The maximum atomic E-state index is 11.3. The molecule has 82 valence electrons. The van der Waals surface area contributed by atoms with Crippen molar-refractivity contribution in [1.29, 1.82) is 0 Å². The molecule has 1 heterocycles. The normalized spacial score (nSPS) is 18.1. The number of esters is 1. The third-order valence-electron chi connectivity index (χ3n) is 2.01. The van der Waals surface area contributed by atoms with Gasteiger partial charge in [0.25, 0.3) is 0 Å². The highest BCUT2D eigenvalue weighted by Gasteiger charge is 2.14. The Morgan fingerprint density at radius 3 is 2.86 bits per heavy atom. The molecule has 1 fully saturated rings. The number of carbonyl (C=O) groups is 1. The van der Waals surface area contributed by atoms with Crippen LogP contribution in [0.15, 0.2) is 0 Å². The standard InChI is InChI=1S/C9H17NO3S/c1-14-7-6-13-9(11)8-10-2-4-12-5-3-10/h2-8H2,1H3. The average molecular weight is 219 g/mol. The van der Waals surface area contributed by atoms with Crippen LogP contribution in [-0.4, -0.2) is 62.3 Å². The first-order valence-electron chi connectivity index (χ1n) is 4.77. The van der Waals surface area contributed by atoms with E-state index in [1.165, 1.54) is 0 Å². The van der Waals surface area contributed by atoms with Gasteiger partial charge >= 0.3 is 5.97 Å². The van der Waals surface area contributed by atoms with Crippen LogP contribution in [0, 0.1) is 0 Å². The zero-order chi connectivity index (χ0) is 10.2. The third kappa shape index (κ3) is 4.83. The van der Waals surface area contributed by atoms with Gasteiger partial charge in [-0.1, -0.05) is 0 Å². The van der Waals surface area contributed by atoms with Crippen LogP contribution in [0.5, 0.6) is 0 Å². The predicted molar refractivity (Wildman–Crippen MR) is 56.6 cm³/mol. The Balaban J connectivity index is 2.06. The number of carbonyl (C=O) groups excluding carboxylic acids is 1. The van der Waals surface area contributed by atoms with E-state index in [1.807, 2.05) is 6.26 Å². The molecule has 1 saturated heterocycles. The van der Waals surface area contributed by atoms with E-state index >= 15 is 0 Å². The summed E-state index contributed by atoms with van der Waals surface area (Å²) < 4.78 is 10.2. The van der Waals surface area contributed by atoms with E-state index < -0.39 is 0 Å². The lowest BCUT2D eigenvalue weighted by atomic mass is 10.4. The van der Waals surface area contributed by atoms with Crippen molar-refractivity contribution in [3.63, 3.8) is 0 Å². The van der Waals surface area contributed by atoms with Crippen LogP contribution in [0.1, 0.15) is 0 Å². The van der Waals surface area contributed by atoms with Crippen molar-refractivity contribution in [1.82, 2.24) is 4.90 Å². The first-order chi connectivity index (χ1) is 6.83. The van der Waals surface area contributed by atoms with Gasteiger partial charge in [-0.05, 0) is 6.26 Å². The number of hydrogen-bond acceptors (Lipinski definition) is 5. The lowest BCUT2D eigenvalue weighted by Crippen LogP contribution is -2.40. The highest BCUT2D eigenvalue weighted by Crippen LogP contribution is 1.97. The Hall–Kier alpha value is -0.260. The second-order valence-electron chi connectivity index (χ2n) is 3.10. The second kappa shape index (κ2) is 7.09. The van der Waals surface area contributed by atoms with Crippen LogP contribution in [-0.2, 0) is 14.3 Å². The quantitative estimate of drug-likeness (QED) is 0.489. The fourth-order valence-electron chi connectivity index (χ4n) is 1.23. The van der Waals surface area contributed by atoms with Gasteiger partial charge in [-0.25, -0.2) is 0 Å². The van der Waals surface area contributed by atoms with E-state index in [-0.39, 0.29) is 5.97 Å². The van der Waals surface area contributed by atoms with Crippen LogP contribution in [0.2, 0.25) is 0 Å². The van der Waals surface area contributed by atoms with Gasteiger partial charge in [0.05, 0.1) is 19.8 Å². The molecule has 5 heteroatoms. The Morgan fingerprint density at radius 2 is 2.21 bits per heavy atom. The van der Waals surface area contributed by atoms with E-state index in [2.05, 4.69) is 4.90 Å². The SMILES string of the molecule is CSCCOC(=O)CN1CCOCC1. The number of rotatable bonds is 5. The first-order valence-corrected chi connectivity index (χ1v) is 6.17. The van der Waals surface area contributed by atoms with Crippen LogP contribution in [0.4, 0.5) is 0 Å². The highest BCUT2D eigenvalue weighted by atomic mass is 32.2. The zero-order valence-corrected chi connectivity index (χ0v) is 9.35. The van der Waals surface area contributed by atoms with Crippen LogP contribution in [0.25, 0.3) is 0 Å². The molecule has 0 bridgehead atoms. The van der Waals surface area contributed by atoms with Gasteiger partial charge in [-0.3, -0.25) is 9.69 Å². The molecule has 0 spiro atoms. The molecular formula is C9H17NO3S. The van der Waals surface area contributed by atoms with Gasteiger partial charge in [-0.15, -0.1) is 0 Å². The molecule has 0 aliphatic carbocycles. The number of hydrogen-bond donors (Lipinski definition) is 0. The van der Waals surface area contributed by atoms with Crippen molar-refractivity contribution < 1.29 is 14.3 Å². The molecule has 1 aliphatic heterocycles. The Morgan fingerprint density at radius 1 is 1.50 bits per heavy atom. The van der Waals surface area contributed by atoms with Crippen molar-refractivity contribution in [3.05, 3.63) is 0 Å². The fourth-order valence-corrected chi connectivity index (χ4v) is 1.48. The lowest BCUT2D eigenvalue weighted by Gasteiger charge is -2.25. The number of ether oxygens (including phenoxy) is 2. The summed E-state index contributed by atoms with van der Waals surface area (Å²) >= 11 is 1.68. The molecule has 0 saturated carbocycles. The van der Waals surface area contributed by atoms with Crippen molar-refractivity contribution in [2.45, 2.75) is 0 Å². The fraction of sp³-hybridized carbons (Fsp3) is 0.889. The minimum absolute atomic E-state index is 0.124.